The molecule has 0 atom stereocenters. The molecule has 138 valence electrons. The van der Waals surface area contributed by atoms with E-state index in [0.29, 0.717) is 24.7 Å². The van der Waals surface area contributed by atoms with Crippen molar-refractivity contribution in [3.05, 3.63) is 29.6 Å². The minimum absolute atomic E-state index is 0.130. The Morgan fingerprint density at radius 2 is 2.19 bits per heavy atom. The number of carbonyl (C=O) groups excluding carboxylic acids is 1. The first kappa shape index (κ1) is 17.9. The van der Waals surface area contributed by atoms with Crippen molar-refractivity contribution in [3.63, 3.8) is 0 Å². The summed E-state index contributed by atoms with van der Waals surface area (Å²) in [6, 6.07) is 4.26. The summed E-state index contributed by atoms with van der Waals surface area (Å²) in [6.45, 7) is 5.42. The van der Waals surface area contributed by atoms with Crippen molar-refractivity contribution in [1.82, 2.24) is 15.0 Å². The number of pyridine rings is 1. The molecule has 3 rings (SSSR count). The Labute approximate surface area is 152 Å². The maximum absolute atomic E-state index is 12.0. The molecule has 26 heavy (non-hydrogen) atoms. The van der Waals surface area contributed by atoms with Crippen molar-refractivity contribution >= 4 is 23.2 Å². The number of ether oxygens (including phenoxy) is 1. The number of unbranched alkanes of at least 4 members (excludes halogenated alkanes) is 1. The number of rotatable bonds is 7. The van der Waals surface area contributed by atoms with Gasteiger partial charge in [-0.25, -0.2) is 0 Å². The van der Waals surface area contributed by atoms with Crippen molar-refractivity contribution < 1.29 is 9.53 Å². The van der Waals surface area contributed by atoms with Crippen LogP contribution < -0.4 is 20.7 Å². The molecule has 1 aliphatic rings. The van der Waals surface area contributed by atoms with Gasteiger partial charge in [0, 0.05) is 18.4 Å². The number of nitrogens with one attached hydrogen (secondary N) is 1. The minimum atomic E-state index is -0.130. The first-order valence-electron chi connectivity index (χ1n) is 8.83. The number of nitrogens with two attached hydrogens (primary N) is 1. The maximum Gasteiger partial charge on any atom is 0.320 e. The van der Waals surface area contributed by atoms with Gasteiger partial charge in [0.15, 0.2) is 11.6 Å². The molecule has 0 spiro atoms. The summed E-state index contributed by atoms with van der Waals surface area (Å²) >= 11 is 0. The molecule has 3 N–H and O–H groups in total. The maximum atomic E-state index is 12.0. The van der Waals surface area contributed by atoms with E-state index < -0.39 is 0 Å². The first-order chi connectivity index (χ1) is 12.6. The predicted molar refractivity (Wildman–Crippen MR) is 100 cm³/mol. The van der Waals surface area contributed by atoms with Crippen LogP contribution in [0.1, 0.15) is 31.0 Å². The molecule has 1 aliphatic heterocycles. The zero-order valence-corrected chi connectivity index (χ0v) is 15.2. The van der Waals surface area contributed by atoms with E-state index in [-0.39, 0.29) is 24.3 Å². The minimum Gasteiger partial charge on any atom is -0.463 e. The second-order valence-corrected chi connectivity index (χ2v) is 6.32. The van der Waals surface area contributed by atoms with Gasteiger partial charge in [-0.05, 0) is 31.4 Å². The zero-order chi connectivity index (χ0) is 18.5. The summed E-state index contributed by atoms with van der Waals surface area (Å²) < 4.78 is 5.59. The Balaban J connectivity index is 1.79. The molecule has 0 saturated carbocycles. The quantitative estimate of drug-likeness (QED) is 0.730. The molecule has 0 saturated heterocycles. The Bertz CT molecular complexity index is 778. The number of aromatic nitrogens is 3. The normalized spacial score (nSPS) is 13.3. The van der Waals surface area contributed by atoms with E-state index in [1.807, 2.05) is 30.2 Å². The van der Waals surface area contributed by atoms with Gasteiger partial charge in [0.1, 0.15) is 5.69 Å². The van der Waals surface area contributed by atoms with Crippen LogP contribution in [0.3, 0.4) is 0 Å². The average Bonchev–Trinajstić information content (AvgIpc) is 2.62. The van der Waals surface area contributed by atoms with E-state index in [1.165, 1.54) is 0 Å². The molecule has 0 radical (unpaired) electrons. The lowest BCUT2D eigenvalue weighted by molar-refractivity contribution is -0.115. The van der Waals surface area contributed by atoms with E-state index >= 15 is 0 Å². The van der Waals surface area contributed by atoms with E-state index in [9.17, 15) is 4.79 Å². The highest BCUT2D eigenvalue weighted by Gasteiger charge is 2.27. The van der Waals surface area contributed by atoms with Gasteiger partial charge in [-0.15, -0.1) is 0 Å². The van der Waals surface area contributed by atoms with Crippen LogP contribution in [0.25, 0.3) is 0 Å². The summed E-state index contributed by atoms with van der Waals surface area (Å²) in [5, 5.41) is 2.76. The van der Waals surface area contributed by atoms with Gasteiger partial charge in [0.25, 0.3) is 0 Å². The second-order valence-electron chi connectivity index (χ2n) is 6.32. The molecule has 2 aromatic heterocycles. The Morgan fingerprint density at radius 1 is 1.35 bits per heavy atom. The summed E-state index contributed by atoms with van der Waals surface area (Å²) in [5.74, 6) is 0.690. The smallest absolute Gasteiger partial charge is 0.320 e. The Hall–Kier alpha value is -2.90. The fourth-order valence-corrected chi connectivity index (χ4v) is 2.69. The second kappa shape index (κ2) is 7.99. The summed E-state index contributed by atoms with van der Waals surface area (Å²) in [6.07, 6.45) is 4.54. The average molecular weight is 356 g/mol. The third kappa shape index (κ3) is 4.19. The molecule has 0 aliphatic carbocycles. The molecule has 0 unspecified atom stereocenters. The highest BCUT2D eigenvalue weighted by atomic mass is 16.5. The fraction of sp³-hybridized carbons (Fsp3) is 0.444. The van der Waals surface area contributed by atoms with Crippen molar-refractivity contribution in [3.8, 4) is 6.01 Å². The van der Waals surface area contributed by atoms with Gasteiger partial charge in [0.2, 0.25) is 5.91 Å². The SMILES string of the molecule is CCCCOc1nc(N)c2c(n1)N(CCc1ccc(C)nc1)CC(=O)N2. The molecule has 0 aromatic carbocycles. The third-order valence-electron chi connectivity index (χ3n) is 4.17. The van der Waals surface area contributed by atoms with Crippen molar-refractivity contribution in [2.75, 3.05) is 35.6 Å². The third-order valence-corrected chi connectivity index (χ3v) is 4.17. The number of carbonyl (C=O) groups is 1. The zero-order valence-electron chi connectivity index (χ0n) is 15.2. The first-order valence-corrected chi connectivity index (χ1v) is 8.83. The van der Waals surface area contributed by atoms with Crippen LogP contribution in [0.4, 0.5) is 17.3 Å². The van der Waals surface area contributed by atoms with E-state index in [0.717, 1.165) is 30.5 Å². The van der Waals surface area contributed by atoms with E-state index in [2.05, 4.69) is 27.2 Å². The number of fused-ring (bicyclic) bond motifs is 1. The van der Waals surface area contributed by atoms with Crippen LogP contribution in [0.5, 0.6) is 6.01 Å². The molecule has 8 nitrogen and oxygen atoms in total. The van der Waals surface area contributed by atoms with Crippen LogP contribution in [0.15, 0.2) is 18.3 Å². The lowest BCUT2D eigenvalue weighted by atomic mass is 10.2. The molecule has 3 heterocycles. The van der Waals surface area contributed by atoms with Gasteiger partial charge in [0.05, 0.1) is 13.2 Å². The number of anilines is 3. The van der Waals surface area contributed by atoms with E-state index in [4.69, 9.17) is 10.5 Å². The van der Waals surface area contributed by atoms with Gasteiger partial charge < -0.3 is 20.7 Å². The predicted octanol–water partition coefficient (Wildman–Crippen LogP) is 1.94. The van der Waals surface area contributed by atoms with Crippen LogP contribution >= 0.6 is 0 Å². The van der Waals surface area contributed by atoms with Crippen LogP contribution in [0.2, 0.25) is 0 Å². The van der Waals surface area contributed by atoms with Crippen molar-refractivity contribution in [2.45, 2.75) is 33.1 Å². The van der Waals surface area contributed by atoms with Gasteiger partial charge in [-0.3, -0.25) is 9.78 Å². The Morgan fingerprint density at radius 3 is 2.92 bits per heavy atom. The molecule has 2 aromatic rings. The molecule has 0 bridgehead atoms. The van der Waals surface area contributed by atoms with Crippen LogP contribution in [0, 0.1) is 6.92 Å². The van der Waals surface area contributed by atoms with Crippen molar-refractivity contribution in [1.29, 1.82) is 0 Å². The summed E-state index contributed by atoms with van der Waals surface area (Å²) in [5.41, 5.74) is 8.54. The number of amides is 1. The number of nitrogens with zero attached hydrogens (tertiary/aromatic N) is 4. The number of aryl methyl sites for hydroxylation is 1. The van der Waals surface area contributed by atoms with Gasteiger partial charge in [-0.1, -0.05) is 19.4 Å². The molecular formula is C18H24N6O2. The summed E-state index contributed by atoms with van der Waals surface area (Å²) in [4.78, 5) is 26.9. The van der Waals surface area contributed by atoms with E-state index in [1.54, 1.807) is 0 Å². The number of hydrogen-bond acceptors (Lipinski definition) is 7. The van der Waals surface area contributed by atoms with Gasteiger partial charge in [-0.2, -0.15) is 9.97 Å². The highest BCUT2D eigenvalue weighted by molar-refractivity contribution is 6.03. The monoisotopic (exact) mass is 356 g/mol. The van der Waals surface area contributed by atoms with Crippen LogP contribution in [-0.2, 0) is 11.2 Å². The van der Waals surface area contributed by atoms with Gasteiger partial charge >= 0.3 is 6.01 Å². The largest absolute Gasteiger partial charge is 0.463 e. The lowest BCUT2D eigenvalue weighted by Crippen LogP contribution is -2.40. The Kier molecular flexibility index (Phi) is 5.50. The lowest BCUT2D eigenvalue weighted by Gasteiger charge is -2.30. The fourth-order valence-electron chi connectivity index (χ4n) is 2.69. The standard InChI is InChI=1S/C18H24N6O2/c1-3-4-9-26-18-22-16(19)15-17(23-18)24(11-14(25)21-15)8-7-13-6-5-12(2)20-10-13/h5-6,10H,3-4,7-9,11H2,1-2H3,(H,21,25)(H2,19,22,23). The topological polar surface area (TPSA) is 106 Å². The molecule has 8 heteroatoms. The van der Waals surface area contributed by atoms with Crippen LogP contribution in [-0.4, -0.2) is 40.6 Å². The summed E-state index contributed by atoms with van der Waals surface area (Å²) in [7, 11) is 0. The molecule has 1 amide bonds. The highest BCUT2D eigenvalue weighted by Crippen LogP contribution is 2.33. The number of hydrogen-bond donors (Lipinski definition) is 2. The molecular weight excluding hydrogens is 332 g/mol. The number of nitrogen functional groups attached to an aromatic ring is 1. The van der Waals surface area contributed by atoms with Crippen molar-refractivity contribution in [2.24, 2.45) is 0 Å². The molecule has 0 fully saturated rings.